The molecule has 0 bridgehead atoms. The van der Waals surface area contributed by atoms with Crippen molar-refractivity contribution in [1.82, 2.24) is 14.7 Å². The molecular weight excluding hydrogens is 318 g/mol. The Balaban J connectivity index is 2.21. The van der Waals surface area contributed by atoms with Crippen molar-refractivity contribution in [2.24, 2.45) is 5.41 Å². The molecule has 20 heavy (non-hydrogen) atoms. The van der Waals surface area contributed by atoms with Gasteiger partial charge in [-0.2, -0.15) is 5.10 Å². The van der Waals surface area contributed by atoms with Crippen molar-refractivity contribution < 1.29 is 5.11 Å². The van der Waals surface area contributed by atoms with E-state index >= 15 is 0 Å². The second-order valence-electron chi connectivity index (χ2n) is 7.06. The minimum Gasteiger partial charge on any atom is -0.384 e. The van der Waals surface area contributed by atoms with Crippen molar-refractivity contribution in [3.63, 3.8) is 0 Å². The number of rotatable bonds is 4. The lowest BCUT2D eigenvalue weighted by Crippen LogP contribution is -2.37. The highest BCUT2D eigenvalue weighted by Crippen LogP contribution is 2.46. The van der Waals surface area contributed by atoms with E-state index in [0.717, 1.165) is 48.9 Å². The van der Waals surface area contributed by atoms with Crippen molar-refractivity contribution in [1.29, 1.82) is 0 Å². The molecule has 0 aromatic carbocycles. The first kappa shape index (κ1) is 16.0. The normalized spacial score (nSPS) is 21.4. The first-order valence-corrected chi connectivity index (χ1v) is 8.12. The van der Waals surface area contributed by atoms with E-state index in [0.29, 0.717) is 5.41 Å². The molecule has 114 valence electrons. The fourth-order valence-electron chi connectivity index (χ4n) is 2.87. The first-order chi connectivity index (χ1) is 9.23. The maximum atomic E-state index is 11.1. The van der Waals surface area contributed by atoms with Crippen LogP contribution in [-0.4, -0.2) is 40.4 Å². The summed E-state index contributed by atoms with van der Waals surface area (Å²) in [4.78, 5) is 2.13. The zero-order valence-corrected chi connectivity index (χ0v) is 14.6. The van der Waals surface area contributed by atoms with E-state index in [1.54, 1.807) is 0 Å². The Hall–Kier alpha value is -0.390. The Morgan fingerprint density at radius 2 is 1.90 bits per heavy atom. The van der Waals surface area contributed by atoms with Crippen molar-refractivity contribution in [3.8, 4) is 0 Å². The molecule has 0 atom stereocenters. The van der Waals surface area contributed by atoms with E-state index in [4.69, 9.17) is 0 Å². The topological polar surface area (TPSA) is 41.3 Å². The van der Waals surface area contributed by atoms with Gasteiger partial charge in [-0.1, -0.05) is 13.8 Å². The zero-order chi connectivity index (χ0) is 15.0. The minimum atomic E-state index is -0.739. The molecule has 0 saturated heterocycles. The van der Waals surface area contributed by atoms with E-state index in [9.17, 15) is 5.11 Å². The van der Waals surface area contributed by atoms with Gasteiger partial charge in [0.05, 0.1) is 22.9 Å². The number of nitrogens with zero attached hydrogens (tertiary/aromatic N) is 3. The summed E-state index contributed by atoms with van der Waals surface area (Å²) in [6.07, 6.45) is 5.53. The van der Waals surface area contributed by atoms with Crippen molar-refractivity contribution in [2.45, 2.75) is 51.7 Å². The fourth-order valence-corrected chi connectivity index (χ4v) is 3.53. The number of aromatic nitrogens is 2. The Kier molecular flexibility index (Phi) is 4.62. The van der Waals surface area contributed by atoms with Crippen molar-refractivity contribution >= 4 is 15.9 Å². The molecule has 5 heteroatoms. The molecule has 1 aromatic heterocycles. The van der Waals surface area contributed by atoms with E-state index < -0.39 is 5.60 Å². The van der Waals surface area contributed by atoms with E-state index in [2.05, 4.69) is 53.9 Å². The first-order valence-electron chi connectivity index (χ1n) is 7.32. The number of hydrogen-bond acceptors (Lipinski definition) is 3. The third kappa shape index (κ3) is 3.43. The quantitative estimate of drug-likeness (QED) is 0.913. The molecule has 1 N–H and O–H groups in total. The van der Waals surface area contributed by atoms with Gasteiger partial charge in [-0.25, -0.2) is 0 Å². The third-order valence-electron chi connectivity index (χ3n) is 4.43. The molecule has 1 fully saturated rings. The highest BCUT2D eigenvalue weighted by Gasteiger charge is 2.41. The lowest BCUT2D eigenvalue weighted by atomic mass is 9.70. The summed E-state index contributed by atoms with van der Waals surface area (Å²) in [6, 6.07) is 0. The van der Waals surface area contributed by atoms with Crippen LogP contribution in [0.25, 0.3) is 0 Å². The van der Waals surface area contributed by atoms with Crippen LogP contribution in [0.3, 0.4) is 0 Å². The van der Waals surface area contributed by atoms with Gasteiger partial charge in [0.1, 0.15) is 5.60 Å². The van der Waals surface area contributed by atoms with Gasteiger partial charge in [0.25, 0.3) is 0 Å². The smallest absolute Gasteiger partial charge is 0.107 e. The summed E-state index contributed by atoms with van der Waals surface area (Å²) >= 11 is 3.57. The second kappa shape index (κ2) is 5.78. The van der Waals surface area contributed by atoms with Gasteiger partial charge in [0.2, 0.25) is 0 Å². The fraction of sp³-hybridized carbons (Fsp3) is 0.800. The largest absolute Gasteiger partial charge is 0.384 e. The molecule has 0 aliphatic heterocycles. The Morgan fingerprint density at radius 3 is 2.45 bits per heavy atom. The van der Waals surface area contributed by atoms with Crippen LogP contribution >= 0.6 is 15.9 Å². The highest BCUT2D eigenvalue weighted by molar-refractivity contribution is 9.10. The summed E-state index contributed by atoms with van der Waals surface area (Å²) in [6.45, 7) is 6.29. The summed E-state index contributed by atoms with van der Waals surface area (Å²) in [5, 5.41) is 15.5. The molecule has 1 aliphatic carbocycles. The lowest BCUT2D eigenvalue weighted by molar-refractivity contribution is -0.0381. The maximum Gasteiger partial charge on any atom is 0.107 e. The standard InChI is InChI=1S/C15H26BrN3O/c1-14(2)5-7-15(20,8-6-14)13-12(16)11-17-19(13)10-9-18(3)4/h11,20H,5-10H2,1-4H3. The molecule has 0 unspecified atom stereocenters. The van der Waals surface area contributed by atoms with Gasteiger partial charge in [-0.05, 0) is 61.1 Å². The predicted molar refractivity (Wildman–Crippen MR) is 84.6 cm³/mol. The van der Waals surface area contributed by atoms with Crippen LogP contribution in [0.1, 0.15) is 45.2 Å². The van der Waals surface area contributed by atoms with Crippen LogP contribution in [0.5, 0.6) is 0 Å². The zero-order valence-electron chi connectivity index (χ0n) is 13.0. The molecular formula is C15H26BrN3O. The van der Waals surface area contributed by atoms with Crippen LogP contribution in [-0.2, 0) is 12.1 Å². The van der Waals surface area contributed by atoms with Gasteiger partial charge in [0.15, 0.2) is 0 Å². The minimum absolute atomic E-state index is 0.340. The lowest BCUT2D eigenvalue weighted by Gasteiger charge is -2.40. The van der Waals surface area contributed by atoms with Gasteiger partial charge in [0, 0.05) is 6.54 Å². The summed E-state index contributed by atoms with van der Waals surface area (Å²) in [5.41, 5.74) is 0.555. The monoisotopic (exact) mass is 343 g/mol. The molecule has 4 nitrogen and oxygen atoms in total. The van der Waals surface area contributed by atoms with E-state index in [1.807, 2.05) is 10.9 Å². The average Bonchev–Trinajstić information content (AvgIpc) is 2.73. The van der Waals surface area contributed by atoms with Crippen LogP contribution in [0, 0.1) is 5.41 Å². The number of likely N-dealkylation sites (N-methyl/N-ethyl adjacent to an activating group) is 1. The Morgan fingerprint density at radius 1 is 1.30 bits per heavy atom. The molecule has 1 heterocycles. The van der Waals surface area contributed by atoms with Gasteiger partial charge >= 0.3 is 0 Å². The van der Waals surface area contributed by atoms with E-state index in [-0.39, 0.29) is 0 Å². The van der Waals surface area contributed by atoms with Crippen LogP contribution in [0.2, 0.25) is 0 Å². The number of halogens is 1. The van der Waals surface area contributed by atoms with E-state index in [1.165, 1.54) is 0 Å². The molecule has 0 radical (unpaired) electrons. The van der Waals surface area contributed by atoms with Crippen LogP contribution < -0.4 is 0 Å². The summed E-state index contributed by atoms with van der Waals surface area (Å²) < 4.78 is 2.89. The third-order valence-corrected chi connectivity index (χ3v) is 5.01. The van der Waals surface area contributed by atoms with Gasteiger partial charge < -0.3 is 10.0 Å². The van der Waals surface area contributed by atoms with Crippen molar-refractivity contribution in [2.75, 3.05) is 20.6 Å². The average molecular weight is 344 g/mol. The maximum absolute atomic E-state index is 11.1. The molecule has 0 spiro atoms. The summed E-state index contributed by atoms with van der Waals surface area (Å²) in [5.74, 6) is 0. The van der Waals surface area contributed by atoms with Crippen LogP contribution in [0.4, 0.5) is 0 Å². The molecule has 0 amide bonds. The number of aliphatic hydroxyl groups is 1. The Bertz CT molecular complexity index is 458. The molecule has 1 aromatic rings. The molecule has 2 rings (SSSR count). The highest BCUT2D eigenvalue weighted by atomic mass is 79.9. The van der Waals surface area contributed by atoms with Gasteiger partial charge in [-0.15, -0.1) is 0 Å². The molecule has 1 saturated carbocycles. The SMILES string of the molecule is CN(C)CCn1ncc(Br)c1C1(O)CCC(C)(C)CC1. The molecule has 1 aliphatic rings. The number of hydrogen-bond donors (Lipinski definition) is 1. The van der Waals surface area contributed by atoms with Crippen LogP contribution in [0.15, 0.2) is 10.7 Å². The second-order valence-corrected chi connectivity index (χ2v) is 7.92. The van der Waals surface area contributed by atoms with Crippen molar-refractivity contribution in [3.05, 3.63) is 16.4 Å². The summed E-state index contributed by atoms with van der Waals surface area (Å²) in [7, 11) is 4.10. The predicted octanol–water partition coefficient (Wildman–Crippen LogP) is 3.00. The van der Waals surface area contributed by atoms with Gasteiger partial charge in [-0.3, -0.25) is 4.68 Å². The Labute approximate surface area is 130 Å².